The Labute approximate surface area is 138 Å². The molecule has 1 fully saturated rings. The Balaban J connectivity index is 1.95. The maximum atomic E-state index is 12.3. The van der Waals surface area contributed by atoms with Gasteiger partial charge in [0, 0.05) is 31.7 Å². The van der Waals surface area contributed by atoms with Crippen LogP contribution in [0.5, 0.6) is 0 Å². The van der Waals surface area contributed by atoms with E-state index in [-0.39, 0.29) is 17.7 Å². The zero-order valence-electron chi connectivity index (χ0n) is 14.6. The molecule has 1 unspecified atom stereocenters. The smallest absolute Gasteiger partial charge is 0.222 e. The monoisotopic (exact) mass is 320 g/mol. The van der Waals surface area contributed by atoms with E-state index in [4.69, 9.17) is 5.73 Å². The number of hydrogen-bond acceptors (Lipinski definition) is 3. The van der Waals surface area contributed by atoms with Crippen molar-refractivity contribution >= 4 is 11.8 Å². The Morgan fingerprint density at radius 3 is 2.61 bits per heavy atom. The average molecular weight is 320 g/mol. The third-order valence-corrected chi connectivity index (χ3v) is 4.60. The molecule has 1 saturated heterocycles. The fraction of sp³-hybridized carbons (Fsp3) is 0.706. The normalized spacial score (nSPS) is 18.0. The van der Waals surface area contributed by atoms with Crippen molar-refractivity contribution in [3.05, 3.63) is 17.0 Å². The maximum absolute atomic E-state index is 12.3. The Hall–Kier alpha value is -1.85. The number of rotatable bonds is 6. The molecule has 1 atom stereocenters. The van der Waals surface area contributed by atoms with Crippen molar-refractivity contribution in [3.63, 3.8) is 0 Å². The highest BCUT2D eigenvalue weighted by Gasteiger charge is 2.29. The molecule has 6 heteroatoms. The number of nitrogens with two attached hydrogens (primary N) is 1. The van der Waals surface area contributed by atoms with Crippen molar-refractivity contribution in [1.29, 1.82) is 0 Å². The number of amides is 2. The minimum atomic E-state index is -0.304. The van der Waals surface area contributed by atoms with Crippen molar-refractivity contribution in [2.75, 3.05) is 13.1 Å². The van der Waals surface area contributed by atoms with Crippen LogP contribution in [0.1, 0.15) is 43.6 Å². The zero-order chi connectivity index (χ0) is 17.1. The molecule has 0 radical (unpaired) electrons. The Morgan fingerprint density at radius 2 is 2.04 bits per heavy atom. The number of likely N-dealkylation sites (tertiary alicyclic amines) is 1. The Bertz CT molecular complexity index is 592. The highest BCUT2D eigenvalue weighted by atomic mass is 16.2. The number of carbonyl (C=O) groups excluding carboxylic acids is 2. The molecule has 6 nitrogen and oxygen atoms in total. The van der Waals surface area contributed by atoms with Crippen LogP contribution in [0.25, 0.3) is 0 Å². The summed E-state index contributed by atoms with van der Waals surface area (Å²) in [6, 6.07) is 0. The molecular weight excluding hydrogens is 292 g/mol. The van der Waals surface area contributed by atoms with Gasteiger partial charge in [-0.3, -0.25) is 14.3 Å². The molecule has 0 aromatic carbocycles. The molecule has 1 aromatic heterocycles. The second-order valence-electron chi connectivity index (χ2n) is 6.95. The van der Waals surface area contributed by atoms with Crippen molar-refractivity contribution < 1.29 is 9.59 Å². The lowest BCUT2D eigenvalue weighted by Crippen LogP contribution is -2.31. The van der Waals surface area contributed by atoms with Gasteiger partial charge in [0.1, 0.15) is 0 Å². The first kappa shape index (κ1) is 17.5. The molecule has 23 heavy (non-hydrogen) atoms. The van der Waals surface area contributed by atoms with Crippen LogP contribution in [0.15, 0.2) is 0 Å². The lowest BCUT2D eigenvalue weighted by atomic mass is 10.1. The van der Waals surface area contributed by atoms with Crippen molar-refractivity contribution in [2.45, 2.75) is 53.5 Å². The minimum absolute atomic E-state index is 0.101. The van der Waals surface area contributed by atoms with Crippen LogP contribution >= 0.6 is 0 Å². The number of aryl methyl sites for hydroxylation is 1. The molecule has 2 heterocycles. The number of carbonyl (C=O) groups is 2. The minimum Gasteiger partial charge on any atom is -0.369 e. The van der Waals surface area contributed by atoms with Gasteiger partial charge in [0.15, 0.2) is 0 Å². The standard InChI is InChI=1S/C17H28N4O2/c1-11(2)9-21-13(4)15(12(3)19-21)5-6-16(22)20-8-7-14(10-20)17(18)23/h11,14H,5-10H2,1-4H3,(H2,18,23). The summed E-state index contributed by atoms with van der Waals surface area (Å²) in [5.41, 5.74) is 8.65. The molecule has 2 amide bonds. The van der Waals surface area contributed by atoms with Gasteiger partial charge in [-0.05, 0) is 38.2 Å². The zero-order valence-corrected chi connectivity index (χ0v) is 14.6. The molecule has 2 N–H and O–H groups in total. The van der Waals surface area contributed by atoms with Crippen molar-refractivity contribution in [3.8, 4) is 0 Å². The van der Waals surface area contributed by atoms with E-state index in [2.05, 4.69) is 25.9 Å². The van der Waals surface area contributed by atoms with E-state index in [0.29, 0.717) is 38.3 Å². The van der Waals surface area contributed by atoms with E-state index in [1.807, 2.05) is 11.6 Å². The van der Waals surface area contributed by atoms with Crippen LogP contribution in [0.2, 0.25) is 0 Å². The maximum Gasteiger partial charge on any atom is 0.222 e. The summed E-state index contributed by atoms with van der Waals surface area (Å²) >= 11 is 0. The van der Waals surface area contributed by atoms with Gasteiger partial charge >= 0.3 is 0 Å². The summed E-state index contributed by atoms with van der Waals surface area (Å²) in [5, 5.41) is 4.59. The molecule has 1 aliphatic rings. The average Bonchev–Trinajstić information content (AvgIpc) is 3.04. The van der Waals surface area contributed by atoms with E-state index < -0.39 is 0 Å². The predicted molar refractivity (Wildman–Crippen MR) is 88.7 cm³/mol. The summed E-state index contributed by atoms with van der Waals surface area (Å²) in [5.74, 6) is 0.153. The van der Waals surface area contributed by atoms with Crippen LogP contribution < -0.4 is 5.73 Å². The first-order chi connectivity index (χ1) is 10.8. The van der Waals surface area contributed by atoms with E-state index in [0.717, 1.165) is 17.9 Å². The highest BCUT2D eigenvalue weighted by molar-refractivity contribution is 5.81. The molecule has 128 valence electrons. The van der Waals surface area contributed by atoms with E-state index in [1.165, 1.54) is 5.56 Å². The van der Waals surface area contributed by atoms with Gasteiger partial charge in [-0.25, -0.2) is 0 Å². The summed E-state index contributed by atoms with van der Waals surface area (Å²) in [6.07, 6.45) is 1.85. The summed E-state index contributed by atoms with van der Waals surface area (Å²) < 4.78 is 2.04. The fourth-order valence-corrected chi connectivity index (χ4v) is 3.23. The van der Waals surface area contributed by atoms with Crippen LogP contribution in [0, 0.1) is 25.7 Å². The second-order valence-corrected chi connectivity index (χ2v) is 6.95. The molecular formula is C17H28N4O2. The lowest BCUT2D eigenvalue weighted by molar-refractivity contribution is -0.130. The van der Waals surface area contributed by atoms with E-state index in [1.54, 1.807) is 4.90 Å². The molecule has 1 aliphatic heterocycles. The molecule has 2 rings (SSSR count). The molecule has 0 saturated carbocycles. The quantitative estimate of drug-likeness (QED) is 0.860. The highest BCUT2D eigenvalue weighted by Crippen LogP contribution is 2.20. The molecule has 1 aromatic rings. The molecule has 0 bridgehead atoms. The van der Waals surface area contributed by atoms with Crippen LogP contribution in [0.4, 0.5) is 0 Å². The van der Waals surface area contributed by atoms with Crippen LogP contribution in [-0.4, -0.2) is 39.6 Å². The van der Waals surface area contributed by atoms with Gasteiger partial charge in [-0.2, -0.15) is 5.10 Å². The molecule has 0 spiro atoms. The Kier molecular flexibility index (Phi) is 5.44. The first-order valence-electron chi connectivity index (χ1n) is 8.39. The largest absolute Gasteiger partial charge is 0.369 e. The number of nitrogens with zero attached hydrogens (tertiary/aromatic N) is 3. The third-order valence-electron chi connectivity index (χ3n) is 4.60. The summed E-state index contributed by atoms with van der Waals surface area (Å²) in [6.45, 7) is 10.4. The fourth-order valence-electron chi connectivity index (χ4n) is 3.23. The summed E-state index contributed by atoms with van der Waals surface area (Å²) in [7, 11) is 0. The van der Waals surface area contributed by atoms with E-state index >= 15 is 0 Å². The number of hydrogen-bond donors (Lipinski definition) is 1. The summed E-state index contributed by atoms with van der Waals surface area (Å²) in [4.78, 5) is 25.3. The second kappa shape index (κ2) is 7.15. The van der Waals surface area contributed by atoms with Gasteiger partial charge < -0.3 is 10.6 Å². The van der Waals surface area contributed by atoms with Crippen LogP contribution in [0.3, 0.4) is 0 Å². The van der Waals surface area contributed by atoms with E-state index in [9.17, 15) is 9.59 Å². The first-order valence-corrected chi connectivity index (χ1v) is 8.39. The van der Waals surface area contributed by atoms with Gasteiger partial charge in [0.2, 0.25) is 11.8 Å². The predicted octanol–water partition coefficient (Wildman–Crippen LogP) is 1.42. The topological polar surface area (TPSA) is 81.2 Å². The number of aromatic nitrogens is 2. The Morgan fingerprint density at radius 1 is 1.35 bits per heavy atom. The van der Waals surface area contributed by atoms with Crippen molar-refractivity contribution in [2.24, 2.45) is 17.6 Å². The third kappa shape index (κ3) is 4.12. The van der Waals surface area contributed by atoms with Gasteiger partial charge in [-0.1, -0.05) is 13.8 Å². The van der Waals surface area contributed by atoms with Gasteiger partial charge in [0.25, 0.3) is 0 Å². The molecule has 0 aliphatic carbocycles. The lowest BCUT2D eigenvalue weighted by Gasteiger charge is -2.16. The van der Waals surface area contributed by atoms with Crippen molar-refractivity contribution in [1.82, 2.24) is 14.7 Å². The number of primary amides is 1. The van der Waals surface area contributed by atoms with Crippen LogP contribution in [-0.2, 0) is 22.6 Å². The van der Waals surface area contributed by atoms with Gasteiger partial charge in [-0.15, -0.1) is 0 Å². The SMILES string of the molecule is Cc1nn(CC(C)C)c(C)c1CCC(=O)N1CCC(C(N)=O)C1. The van der Waals surface area contributed by atoms with Gasteiger partial charge in [0.05, 0.1) is 11.6 Å².